The number of nitrogens with zero attached hydrogens (tertiary/aromatic N) is 2. The molecule has 1 saturated heterocycles. The third kappa shape index (κ3) is 4.35. The van der Waals surface area contributed by atoms with Gasteiger partial charge in [0.15, 0.2) is 0 Å². The molecule has 4 nitrogen and oxygen atoms in total. The van der Waals surface area contributed by atoms with E-state index in [9.17, 15) is 0 Å². The summed E-state index contributed by atoms with van der Waals surface area (Å²) in [5.74, 6) is 0.867. The molecule has 0 bridgehead atoms. The molecule has 1 aliphatic heterocycles. The predicted octanol–water partition coefficient (Wildman–Crippen LogP) is 1.69. The van der Waals surface area contributed by atoms with E-state index in [2.05, 4.69) is 22.2 Å². The minimum atomic E-state index is 0.776. The number of ether oxygens (including phenoxy) is 1. The summed E-state index contributed by atoms with van der Waals surface area (Å²) in [7, 11) is 3.82. The summed E-state index contributed by atoms with van der Waals surface area (Å²) in [6.45, 7) is 7.44. The highest BCUT2D eigenvalue weighted by atomic mass is 35.5. The lowest BCUT2D eigenvalue weighted by Gasteiger charge is -2.29. The van der Waals surface area contributed by atoms with Crippen molar-refractivity contribution in [1.82, 2.24) is 15.1 Å². The largest absolute Gasteiger partial charge is 0.496 e. The first-order chi connectivity index (χ1) is 9.70. The van der Waals surface area contributed by atoms with Gasteiger partial charge in [-0.1, -0.05) is 17.7 Å². The quantitative estimate of drug-likeness (QED) is 0.865. The van der Waals surface area contributed by atoms with Gasteiger partial charge in [0.1, 0.15) is 5.75 Å². The molecule has 112 valence electrons. The Kier molecular flexibility index (Phi) is 6.10. The van der Waals surface area contributed by atoms with Gasteiger partial charge in [0.2, 0.25) is 0 Å². The van der Waals surface area contributed by atoms with Crippen molar-refractivity contribution < 1.29 is 4.74 Å². The van der Waals surface area contributed by atoms with Crippen molar-refractivity contribution >= 4 is 11.6 Å². The lowest BCUT2D eigenvalue weighted by Crippen LogP contribution is -2.45. The Balaban J connectivity index is 1.86. The molecule has 1 aromatic carbocycles. The van der Waals surface area contributed by atoms with Gasteiger partial charge in [0.25, 0.3) is 0 Å². The fourth-order valence-electron chi connectivity index (χ4n) is 2.48. The van der Waals surface area contributed by atoms with Crippen LogP contribution in [0.25, 0.3) is 0 Å². The van der Waals surface area contributed by atoms with Crippen LogP contribution in [0.4, 0.5) is 0 Å². The summed E-state index contributed by atoms with van der Waals surface area (Å²) in [5.41, 5.74) is 1.07. The Bertz CT molecular complexity index is 422. The molecular formula is C15H24ClN3O. The number of methoxy groups -OCH3 is 1. The van der Waals surface area contributed by atoms with Crippen LogP contribution in [0.2, 0.25) is 5.02 Å². The lowest BCUT2D eigenvalue weighted by atomic mass is 10.2. The smallest absolute Gasteiger partial charge is 0.124 e. The second kappa shape index (κ2) is 7.84. The first-order valence-electron chi connectivity index (χ1n) is 7.13. The van der Waals surface area contributed by atoms with Crippen LogP contribution in [-0.2, 0) is 6.54 Å². The standard InChI is InChI=1S/C15H24ClN3O/c1-18(10-11-19-8-6-17-7-9-19)12-13-14(16)4-3-5-15(13)20-2/h3-5,17H,6-12H2,1-2H3. The molecule has 20 heavy (non-hydrogen) atoms. The van der Waals surface area contributed by atoms with Crippen LogP contribution < -0.4 is 10.1 Å². The molecule has 0 amide bonds. The minimum Gasteiger partial charge on any atom is -0.496 e. The van der Waals surface area contributed by atoms with E-state index in [1.165, 1.54) is 0 Å². The number of hydrogen-bond donors (Lipinski definition) is 1. The minimum absolute atomic E-state index is 0.776. The number of piperazine rings is 1. The highest BCUT2D eigenvalue weighted by molar-refractivity contribution is 6.31. The molecule has 0 aliphatic carbocycles. The van der Waals surface area contributed by atoms with Crippen LogP contribution in [0, 0.1) is 0 Å². The average Bonchev–Trinajstić information content (AvgIpc) is 2.48. The van der Waals surface area contributed by atoms with Crippen LogP contribution in [-0.4, -0.2) is 63.2 Å². The highest BCUT2D eigenvalue weighted by Gasteiger charge is 2.13. The molecule has 0 atom stereocenters. The van der Waals surface area contributed by atoms with Crippen molar-refractivity contribution in [2.45, 2.75) is 6.54 Å². The Morgan fingerprint density at radius 1 is 1.35 bits per heavy atom. The van der Waals surface area contributed by atoms with Gasteiger partial charge >= 0.3 is 0 Å². The van der Waals surface area contributed by atoms with Gasteiger partial charge in [-0.25, -0.2) is 0 Å². The molecule has 1 fully saturated rings. The predicted molar refractivity (Wildman–Crippen MR) is 83.6 cm³/mol. The number of hydrogen-bond acceptors (Lipinski definition) is 4. The molecule has 1 aliphatic rings. The van der Waals surface area contributed by atoms with Crippen molar-refractivity contribution in [3.63, 3.8) is 0 Å². The number of nitrogens with one attached hydrogen (secondary N) is 1. The normalized spacial score (nSPS) is 16.6. The Labute approximate surface area is 126 Å². The molecule has 0 saturated carbocycles. The van der Waals surface area contributed by atoms with E-state index in [0.717, 1.165) is 62.1 Å². The van der Waals surface area contributed by atoms with Gasteiger partial charge < -0.3 is 15.0 Å². The Morgan fingerprint density at radius 2 is 2.10 bits per heavy atom. The molecule has 0 aromatic heterocycles. The van der Waals surface area contributed by atoms with Crippen molar-refractivity contribution in [2.24, 2.45) is 0 Å². The monoisotopic (exact) mass is 297 g/mol. The summed E-state index contributed by atoms with van der Waals surface area (Å²) >= 11 is 6.28. The van der Waals surface area contributed by atoms with Crippen LogP contribution in [0.1, 0.15) is 5.56 Å². The van der Waals surface area contributed by atoms with Gasteiger partial charge in [-0.15, -0.1) is 0 Å². The van der Waals surface area contributed by atoms with Crippen molar-refractivity contribution in [1.29, 1.82) is 0 Å². The van der Waals surface area contributed by atoms with E-state index in [-0.39, 0.29) is 0 Å². The van der Waals surface area contributed by atoms with Gasteiger partial charge in [-0.05, 0) is 19.2 Å². The third-order valence-corrected chi connectivity index (χ3v) is 4.09. The van der Waals surface area contributed by atoms with E-state index in [1.54, 1.807) is 7.11 Å². The first-order valence-corrected chi connectivity index (χ1v) is 7.51. The van der Waals surface area contributed by atoms with Crippen molar-refractivity contribution in [2.75, 3.05) is 53.4 Å². The number of likely N-dealkylation sites (N-methyl/N-ethyl adjacent to an activating group) is 1. The van der Waals surface area contributed by atoms with Crippen LogP contribution in [0.15, 0.2) is 18.2 Å². The molecule has 0 unspecified atom stereocenters. The molecule has 1 aromatic rings. The van der Waals surface area contributed by atoms with E-state index >= 15 is 0 Å². The zero-order valence-electron chi connectivity index (χ0n) is 12.4. The van der Waals surface area contributed by atoms with E-state index in [0.29, 0.717) is 0 Å². The summed E-state index contributed by atoms with van der Waals surface area (Å²) in [6, 6.07) is 5.81. The zero-order chi connectivity index (χ0) is 14.4. The maximum atomic E-state index is 6.28. The SMILES string of the molecule is COc1cccc(Cl)c1CN(C)CCN1CCNCC1. The third-order valence-electron chi connectivity index (χ3n) is 3.73. The average molecular weight is 298 g/mol. The van der Waals surface area contributed by atoms with Gasteiger partial charge in [0.05, 0.1) is 7.11 Å². The fourth-order valence-corrected chi connectivity index (χ4v) is 2.71. The zero-order valence-corrected chi connectivity index (χ0v) is 13.1. The van der Waals surface area contributed by atoms with Crippen molar-refractivity contribution in [3.05, 3.63) is 28.8 Å². The second-order valence-corrected chi connectivity index (χ2v) is 5.66. The maximum absolute atomic E-state index is 6.28. The van der Waals surface area contributed by atoms with Crippen LogP contribution in [0.5, 0.6) is 5.75 Å². The molecule has 1 heterocycles. The van der Waals surface area contributed by atoms with Gasteiger partial charge in [-0.2, -0.15) is 0 Å². The van der Waals surface area contributed by atoms with Gasteiger partial charge in [0, 0.05) is 56.4 Å². The molecular weight excluding hydrogens is 274 g/mol. The highest BCUT2D eigenvalue weighted by Crippen LogP contribution is 2.27. The maximum Gasteiger partial charge on any atom is 0.124 e. The molecule has 2 rings (SSSR count). The van der Waals surface area contributed by atoms with Crippen LogP contribution in [0.3, 0.4) is 0 Å². The Hall–Kier alpha value is -0.810. The number of halogens is 1. The van der Waals surface area contributed by atoms with E-state index in [1.807, 2.05) is 18.2 Å². The van der Waals surface area contributed by atoms with Gasteiger partial charge in [-0.3, -0.25) is 4.90 Å². The molecule has 0 spiro atoms. The fraction of sp³-hybridized carbons (Fsp3) is 0.600. The first kappa shape index (κ1) is 15.6. The van der Waals surface area contributed by atoms with Crippen LogP contribution >= 0.6 is 11.6 Å². The Morgan fingerprint density at radius 3 is 2.80 bits per heavy atom. The van der Waals surface area contributed by atoms with E-state index in [4.69, 9.17) is 16.3 Å². The number of rotatable bonds is 6. The summed E-state index contributed by atoms with van der Waals surface area (Å²) in [4.78, 5) is 4.79. The topological polar surface area (TPSA) is 27.7 Å². The summed E-state index contributed by atoms with van der Waals surface area (Å²) < 4.78 is 5.39. The lowest BCUT2D eigenvalue weighted by molar-refractivity contribution is 0.201. The molecule has 1 N–H and O–H groups in total. The van der Waals surface area contributed by atoms with E-state index < -0.39 is 0 Å². The summed E-state index contributed by atoms with van der Waals surface area (Å²) in [6.07, 6.45) is 0. The van der Waals surface area contributed by atoms with Crippen molar-refractivity contribution in [3.8, 4) is 5.75 Å². The molecule has 0 radical (unpaired) electrons. The second-order valence-electron chi connectivity index (χ2n) is 5.25. The summed E-state index contributed by atoms with van der Waals surface area (Å²) in [5, 5.41) is 4.15. The molecule has 5 heteroatoms. The number of benzene rings is 1.